The molecule has 0 aliphatic rings. The van der Waals surface area contributed by atoms with Crippen LogP contribution in [-0.4, -0.2) is 0 Å². The Morgan fingerprint density at radius 1 is 1.06 bits per heavy atom. The molecule has 2 aromatic carbocycles. The number of nitriles is 1. The molecule has 2 rings (SSSR count). The summed E-state index contributed by atoms with van der Waals surface area (Å²) >= 11 is 9.12. The molecule has 0 bridgehead atoms. The van der Waals surface area contributed by atoms with Crippen molar-refractivity contribution in [2.24, 2.45) is 0 Å². The topological polar surface area (TPSA) is 35.8 Å². The SMILES string of the molecule is N#Cc1c(Br)cccc1Nc1cc(I)ccc1Br. The van der Waals surface area contributed by atoms with Gasteiger partial charge < -0.3 is 5.32 Å². The lowest BCUT2D eigenvalue weighted by Crippen LogP contribution is -1.95. The van der Waals surface area contributed by atoms with Crippen molar-refractivity contribution >= 4 is 65.8 Å². The summed E-state index contributed by atoms with van der Waals surface area (Å²) in [5.41, 5.74) is 2.33. The third-order valence-corrected chi connectivity index (χ3v) is 4.35. The number of benzene rings is 2. The largest absolute Gasteiger partial charge is 0.353 e. The van der Waals surface area contributed by atoms with Gasteiger partial charge in [0.25, 0.3) is 0 Å². The van der Waals surface area contributed by atoms with E-state index in [-0.39, 0.29) is 0 Å². The molecule has 5 heteroatoms. The van der Waals surface area contributed by atoms with Gasteiger partial charge in [0.2, 0.25) is 0 Å². The van der Waals surface area contributed by atoms with E-state index < -0.39 is 0 Å². The van der Waals surface area contributed by atoms with Crippen molar-refractivity contribution in [3.05, 3.63) is 54.5 Å². The zero-order valence-electron chi connectivity index (χ0n) is 9.05. The predicted octanol–water partition coefficient (Wildman–Crippen LogP) is 5.43. The van der Waals surface area contributed by atoms with Crippen molar-refractivity contribution in [3.8, 4) is 6.07 Å². The van der Waals surface area contributed by atoms with E-state index in [0.29, 0.717) is 5.56 Å². The van der Waals surface area contributed by atoms with Crippen LogP contribution in [0.25, 0.3) is 0 Å². The number of nitrogens with zero attached hydrogens (tertiary/aromatic N) is 1. The fourth-order valence-corrected chi connectivity index (χ4v) is 2.77. The predicted molar refractivity (Wildman–Crippen MR) is 89.0 cm³/mol. The van der Waals surface area contributed by atoms with Gasteiger partial charge >= 0.3 is 0 Å². The number of hydrogen-bond donors (Lipinski definition) is 1. The Balaban J connectivity index is 2.44. The highest BCUT2D eigenvalue weighted by Gasteiger charge is 2.08. The van der Waals surface area contributed by atoms with Crippen molar-refractivity contribution in [1.29, 1.82) is 5.26 Å². The summed E-state index contributed by atoms with van der Waals surface area (Å²) in [7, 11) is 0. The lowest BCUT2D eigenvalue weighted by molar-refractivity contribution is 1.43. The highest BCUT2D eigenvalue weighted by Crippen LogP contribution is 2.31. The molecule has 0 aliphatic carbocycles. The average molecular weight is 478 g/mol. The summed E-state index contributed by atoms with van der Waals surface area (Å²) in [6.07, 6.45) is 0. The molecule has 0 aliphatic heterocycles. The van der Waals surface area contributed by atoms with E-state index in [1.165, 1.54) is 0 Å². The Bertz CT molecular complexity index is 635. The maximum absolute atomic E-state index is 9.17. The lowest BCUT2D eigenvalue weighted by Gasteiger charge is -2.11. The van der Waals surface area contributed by atoms with E-state index in [4.69, 9.17) is 5.26 Å². The molecular formula is C13H7Br2IN2. The van der Waals surface area contributed by atoms with Gasteiger partial charge in [-0.3, -0.25) is 0 Å². The van der Waals surface area contributed by atoms with Crippen LogP contribution in [0.5, 0.6) is 0 Å². The molecule has 2 nitrogen and oxygen atoms in total. The molecule has 0 aromatic heterocycles. The maximum atomic E-state index is 9.17. The number of nitrogens with one attached hydrogen (secondary N) is 1. The molecule has 18 heavy (non-hydrogen) atoms. The second-order valence-corrected chi connectivity index (χ2v) is 6.48. The third-order valence-electron chi connectivity index (χ3n) is 2.32. The highest BCUT2D eigenvalue weighted by atomic mass is 127. The van der Waals surface area contributed by atoms with Crippen LogP contribution in [0, 0.1) is 14.9 Å². The minimum absolute atomic E-state index is 0.600. The molecule has 0 saturated carbocycles. The molecule has 0 amide bonds. The van der Waals surface area contributed by atoms with Gasteiger partial charge in [0.05, 0.1) is 16.9 Å². The maximum Gasteiger partial charge on any atom is 0.103 e. The Labute approximate surface area is 136 Å². The van der Waals surface area contributed by atoms with Crippen molar-refractivity contribution in [1.82, 2.24) is 0 Å². The fourth-order valence-electron chi connectivity index (χ4n) is 1.48. The van der Waals surface area contributed by atoms with Crippen molar-refractivity contribution in [3.63, 3.8) is 0 Å². The monoisotopic (exact) mass is 476 g/mol. The summed E-state index contributed by atoms with van der Waals surface area (Å²) in [5, 5.41) is 12.4. The summed E-state index contributed by atoms with van der Waals surface area (Å²) in [6.45, 7) is 0. The first-order chi connectivity index (χ1) is 8.61. The molecule has 0 heterocycles. The lowest BCUT2D eigenvalue weighted by atomic mass is 10.2. The van der Waals surface area contributed by atoms with Gasteiger partial charge in [-0.1, -0.05) is 6.07 Å². The van der Waals surface area contributed by atoms with Crippen LogP contribution in [0.1, 0.15) is 5.56 Å². The Morgan fingerprint density at radius 3 is 2.56 bits per heavy atom. The number of halogens is 3. The van der Waals surface area contributed by atoms with Crippen LogP contribution in [0.3, 0.4) is 0 Å². The first-order valence-electron chi connectivity index (χ1n) is 5.02. The molecule has 2 aromatic rings. The first kappa shape index (κ1) is 13.8. The van der Waals surface area contributed by atoms with Gasteiger partial charge in [0.1, 0.15) is 6.07 Å². The second kappa shape index (κ2) is 6.04. The molecule has 0 atom stereocenters. The van der Waals surface area contributed by atoms with E-state index in [0.717, 1.165) is 23.9 Å². The van der Waals surface area contributed by atoms with Gasteiger partial charge in [-0.2, -0.15) is 5.26 Å². The van der Waals surface area contributed by atoms with Gasteiger partial charge in [-0.15, -0.1) is 0 Å². The van der Waals surface area contributed by atoms with E-state index in [1.54, 1.807) is 0 Å². The summed E-state index contributed by atoms with van der Waals surface area (Å²) in [4.78, 5) is 0. The Kier molecular flexibility index (Phi) is 4.65. The molecular weight excluding hydrogens is 471 g/mol. The number of anilines is 2. The normalized spacial score (nSPS) is 9.89. The van der Waals surface area contributed by atoms with Crippen LogP contribution in [-0.2, 0) is 0 Å². The minimum Gasteiger partial charge on any atom is -0.353 e. The van der Waals surface area contributed by atoms with Crippen LogP contribution in [0.15, 0.2) is 45.3 Å². The van der Waals surface area contributed by atoms with Crippen molar-refractivity contribution in [2.45, 2.75) is 0 Å². The Morgan fingerprint density at radius 2 is 1.83 bits per heavy atom. The molecule has 0 unspecified atom stereocenters. The van der Waals surface area contributed by atoms with Gasteiger partial charge in [0, 0.05) is 12.5 Å². The molecule has 90 valence electrons. The Hall–Kier alpha value is -0.580. The first-order valence-corrected chi connectivity index (χ1v) is 7.69. The van der Waals surface area contributed by atoms with Crippen LogP contribution < -0.4 is 5.32 Å². The van der Waals surface area contributed by atoms with E-state index in [2.05, 4.69) is 65.8 Å². The van der Waals surface area contributed by atoms with E-state index >= 15 is 0 Å². The van der Waals surface area contributed by atoms with Crippen molar-refractivity contribution < 1.29 is 0 Å². The van der Waals surface area contributed by atoms with Crippen LogP contribution in [0.4, 0.5) is 11.4 Å². The fraction of sp³-hybridized carbons (Fsp3) is 0. The van der Waals surface area contributed by atoms with Crippen LogP contribution in [0.2, 0.25) is 0 Å². The van der Waals surface area contributed by atoms with E-state index in [9.17, 15) is 0 Å². The van der Waals surface area contributed by atoms with Crippen LogP contribution >= 0.6 is 54.5 Å². The molecule has 0 fully saturated rings. The van der Waals surface area contributed by atoms with E-state index in [1.807, 2.05) is 36.4 Å². The average Bonchev–Trinajstić information content (AvgIpc) is 2.34. The zero-order chi connectivity index (χ0) is 13.1. The minimum atomic E-state index is 0.600. The molecule has 1 N–H and O–H groups in total. The second-order valence-electron chi connectivity index (χ2n) is 3.52. The molecule has 0 spiro atoms. The van der Waals surface area contributed by atoms with Crippen molar-refractivity contribution in [2.75, 3.05) is 5.32 Å². The molecule has 0 saturated heterocycles. The van der Waals surface area contributed by atoms with Gasteiger partial charge in [-0.05, 0) is 84.8 Å². The quantitative estimate of drug-likeness (QED) is 0.585. The molecule has 0 radical (unpaired) electrons. The zero-order valence-corrected chi connectivity index (χ0v) is 14.4. The van der Waals surface area contributed by atoms with Gasteiger partial charge in [0.15, 0.2) is 0 Å². The number of hydrogen-bond acceptors (Lipinski definition) is 2. The van der Waals surface area contributed by atoms with Gasteiger partial charge in [-0.25, -0.2) is 0 Å². The summed E-state index contributed by atoms with van der Waals surface area (Å²) in [6, 6.07) is 13.8. The summed E-state index contributed by atoms with van der Waals surface area (Å²) < 4.78 is 2.88. The highest BCUT2D eigenvalue weighted by molar-refractivity contribution is 14.1. The summed E-state index contributed by atoms with van der Waals surface area (Å²) in [5.74, 6) is 0. The smallest absolute Gasteiger partial charge is 0.103 e. The third kappa shape index (κ3) is 3.05. The number of rotatable bonds is 2. The standard InChI is InChI=1S/C13H7Br2IN2/c14-10-2-1-3-12(9(10)7-17)18-13-6-8(16)4-5-11(13)15/h1-6,18H.